The fourth-order valence-corrected chi connectivity index (χ4v) is 2.77. The average Bonchev–Trinajstić information content (AvgIpc) is 2.37. The highest BCUT2D eigenvalue weighted by Gasteiger charge is 2.21. The Morgan fingerprint density at radius 1 is 1.29 bits per heavy atom. The summed E-state index contributed by atoms with van der Waals surface area (Å²) in [5, 5.41) is 0. The highest BCUT2D eigenvalue weighted by molar-refractivity contribution is 14.1. The van der Waals surface area contributed by atoms with Crippen LogP contribution in [-0.2, 0) is 4.79 Å². The van der Waals surface area contributed by atoms with Gasteiger partial charge in [-0.15, -0.1) is 0 Å². The molecule has 0 saturated heterocycles. The lowest BCUT2D eigenvalue weighted by molar-refractivity contribution is -0.125. The summed E-state index contributed by atoms with van der Waals surface area (Å²) in [6.07, 6.45) is 5.77. The highest BCUT2D eigenvalue weighted by Crippen LogP contribution is 2.24. The maximum Gasteiger partial charge on any atom is 0.173 e. The van der Waals surface area contributed by atoms with E-state index in [9.17, 15) is 4.79 Å². The molecule has 0 radical (unpaired) electrons. The van der Waals surface area contributed by atoms with Gasteiger partial charge in [-0.05, 0) is 53.6 Å². The Morgan fingerprint density at radius 2 is 2.06 bits per heavy atom. The minimum Gasteiger partial charge on any atom is -0.486 e. The van der Waals surface area contributed by atoms with Gasteiger partial charge < -0.3 is 4.74 Å². The van der Waals surface area contributed by atoms with E-state index in [2.05, 4.69) is 22.6 Å². The van der Waals surface area contributed by atoms with E-state index < -0.39 is 0 Å². The van der Waals surface area contributed by atoms with Crippen LogP contribution in [0.1, 0.15) is 32.1 Å². The van der Waals surface area contributed by atoms with Crippen LogP contribution in [0.15, 0.2) is 24.3 Å². The molecule has 0 aromatic heterocycles. The van der Waals surface area contributed by atoms with Crippen molar-refractivity contribution >= 4 is 28.4 Å². The number of carbonyl (C=O) groups is 1. The van der Waals surface area contributed by atoms with Crippen molar-refractivity contribution in [2.24, 2.45) is 5.92 Å². The number of benzene rings is 1. The van der Waals surface area contributed by atoms with Crippen molar-refractivity contribution in [3.05, 3.63) is 27.8 Å². The standard InChI is InChI=1S/C14H17IO2/c15-12-7-4-8-13(9-12)17-10-14(16)11-5-2-1-3-6-11/h4,7-9,11H,1-3,5-6,10H2. The van der Waals surface area contributed by atoms with Crippen LogP contribution in [-0.4, -0.2) is 12.4 Å². The zero-order chi connectivity index (χ0) is 12.1. The molecule has 3 heteroatoms. The van der Waals surface area contributed by atoms with Crippen LogP contribution in [0.3, 0.4) is 0 Å². The van der Waals surface area contributed by atoms with Gasteiger partial charge in [0.15, 0.2) is 5.78 Å². The maximum absolute atomic E-state index is 11.9. The Hall–Kier alpha value is -0.580. The normalized spacial score (nSPS) is 16.8. The average molecular weight is 344 g/mol. The molecule has 1 aliphatic carbocycles. The third kappa shape index (κ3) is 3.98. The smallest absolute Gasteiger partial charge is 0.173 e. The molecule has 0 amide bonds. The molecule has 2 nitrogen and oxygen atoms in total. The van der Waals surface area contributed by atoms with Crippen LogP contribution in [0.2, 0.25) is 0 Å². The van der Waals surface area contributed by atoms with Crippen molar-refractivity contribution in [2.75, 3.05) is 6.61 Å². The van der Waals surface area contributed by atoms with Gasteiger partial charge in [-0.25, -0.2) is 0 Å². The Labute approximate surface area is 116 Å². The van der Waals surface area contributed by atoms with Gasteiger partial charge in [0, 0.05) is 9.49 Å². The molecular weight excluding hydrogens is 327 g/mol. The number of hydrogen-bond acceptors (Lipinski definition) is 2. The number of Topliss-reactive ketones (excluding diaryl/α,β-unsaturated/α-hetero) is 1. The van der Waals surface area contributed by atoms with Gasteiger partial charge >= 0.3 is 0 Å². The maximum atomic E-state index is 11.9. The van der Waals surface area contributed by atoms with Gasteiger partial charge in [-0.2, -0.15) is 0 Å². The van der Waals surface area contributed by atoms with E-state index in [1.807, 2.05) is 24.3 Å². The molecule has 0 atom stereocenters. The third-order valence-corrected chi connectivity index (χ3v) is 3.91. The summed E-state index contributed by atoms with van der Waals surface area (Å²) in [5.41, 5.74) is 0. The van der Waals surface area contributed by atoms with Gasteiger partial charge in [0.25, 0.3) is 0 Å². The molecule has 17 heavy (non-hydrogen) atoms. The topological polar surface area (TPSA) is 26.3 Å². The van der Waals surface area contributed by atoms with Gasteiger partial charge in [0.2, 0.25) is 0 Å². The van der Waals surface area contributed by atoms with Crippen LogP contribution in [0, 0.1) is 9.49 Å². The van der Waals surface area contributed by atoms with E-state index in [0.717, 1.165) is 22.2 Å². The summed E-state index contributed by atoms with van der Waals surface area (Å²) >= 11 is 2.24. The van der Waals surface area contributed by atoms with Crippen molar-refractivity contribution in [3.63, 3.8) is 0 Å². The van der Waals surface area contributed by atoms with Gasteiger partial charge in [0.1, 0.15) is 12.4 Å². The largest absolute Gasteiger partial charge is 0.486 e. The van der Waals surface area contributed by atoms with Crippen LogP contribution in [0.25, 0.3) is 0 Å². The molecule has 92 valence electrons. The second-order valence-electron chi connectivity index (χ2n) is 4.55. The predicted molar refractivity (Wildman–Crippen MR) is 76.2 cm³/mol. The fourth-order valence-electron chi connectivity index (χ4n) is 2.25. The number of carbonyl (C=O) groups excluding carboxylic acids is 1. The molecule has 1 aromatic rings. The third-order valence-electron chi connectivity index (χ3n) is 3.24. The zero-order valence-electron chi connectivity index (χ0n) is 9.82. The second-order valence-corrected chi connectivity index (χ2v) is 5.79. The minimum absolute atomic E-state index is 0.227. The monoisotopic (exact) mass is 344 g/mol. The Bertz CT molecular complexity index is 384. The molecule has 2 rings (SSSR count). The van der Waals surface area contributed by atoms with Crippen molar-refractivity contribution in [2.45, 2.75) is 32.1 Å². The molecule has 0 spiro atoms. The Balaban J connectivity index is 1.83. The Kier molecular flexibility index (Phi) is 4.83. The summed E-state index contributed by atoms with van der Waals surface area (Å²) in [4.78, 5) is 11.9. The lowest BCUT2D eigenvalue weighted by Gasteiger charge is -2.20. The molecule has 0 unspecified atom stereocenters. The van der Waals surface area contributed by atoms with Crippen LogP contribution in [0.4, 0.5) is 0 Å². The number of rotatable bonds is 4. The first kappa shape index (κ1) is 12.9. The lowest BCUT2D eigenvalue weighted by atomic mass is 9.86. The summed E-state index contributed by atoms with van der Waals surface area (Å²) in [6.45, 7) is 0.227. The second kappa shape index (κ2) is 6.38. The van der Waals surface area contributed by atoms with Gasteiger partial charge in [0.05, 0.1) is 0 Å². The van der Waals surface area contributed by atoms with Crippen molar-refractivity contribution in [1.29, 1.82) is 0 Å². The predicted octanol–water partition coefficient (Wildman–Crippen LogP) is 3.82. The molecule has 0 heterocycles. The van der Waals surface area contributed by atoms with Gasteiger partial charge in [-0.3, -0.25) is 4.79 Å². The molecule has 1 fully saturated rings. The number of ether oxygens (including phenoxy) is 1. The van der Waals surface area contributed by atoms with Crippen LogP contribution < -0.4 is 4.74 Å². The number of halogens is 1. The van der Waals surface area contributed by atoms with E-state index in [-0.39, 0.29) is 18.3 Å². The molecule has 1 aromatic carbocycles. The van der Waals surface area contributed by atoms with Crippen LogP contribution >= 0.6 is 22.6 Å². The Morgan fingerprint density at radius 3 is 2.76 bits per heavy atom. The highest BCUT2D eigenvalue weighted by atomic mass is 127. The molecular formula is C14H17IO2. The first-order chi connectivity index (χ1) is 8.25. The first-order valence-corrected chi connectivity index (χ1v) is 7.24. The van der Waals surface area contributed by atoms with Gasteiger partial charge in [-0.1, -0.05) is 25.3 Å². The zero-order valence-corrected chi connectivity index (χ0v) is 12.0. The lowest BCUT2D eigenvalue weighted by Crippen LogP contribution is -2.23. The SMILES string of the molecule is O=C(COc1cccc(I)c1)C1CCCCC1. The quantitative estimate of drug-likeness (QED) is 0.777. The van der Waals surface area contributed by atoms with Crippen molar-refractivity contribution < 1.29 is 9.53 Å². The fraction of sp³-hybridized carbons (Fsp3) is 0.500. The first-order valence-electron chi connectivity index (χ1n) is 6.17. The van der Waals surface area contributed by atoms with Crippen molar-refractivity contribution in [1.82, 2.24) is 0 Å². The van der Waals surface area contributed by atoms with Crippen molar-refractivity contribution in [3.8, 4) is 5.75 Å². The van der Waals surface area contributed by atoms with Crippen LogP contribution in [0.5, 0.6) is 5.75 Å². The summed E-state index contributed by atoms with van der Waals surface area (Å²) < 4.78 is 6.68. The summed E-state index contributed by atoms with van der Waals surface area (Å²) in [7, 11) is 0. The molecule has 1 aliphatic rings. The molecule has 0 bridgehead atoms. The van der Waals surface area contributed by atoms with E-state index in [1.54, 1.807) is 0 Å². The number of ketones is 1. The number of hydrogen-bond donors (Lipinski definition) is 0. The minimum atomic E-state index is 0.227. The molecule has 0 N–H and O–H groups in total. The molecule has 0 aliphatic heterocycles. The van der Waals surface area contributed by atoms with E-state index in [0.29, 0.717) is 0 Å². The summed E-state index contributed by atoms with van der Waals surface area (Å²) in [6, 6.07) is 7.81. The van der Waals surface area contributed by atoms with E-state index >= 15 is 0 Å². The van der Waals surface area contributed by atoms with E-state index in [4.69, 9.17) is 4.74 Å². The summed E-state index contributed by atoms with van der Waals surface area (Å²) in [5.74, 6) is 1.30. The van der Waals surface area contributed by atoms with E-state index in [1.165, 1.54) is 19.3 Å². The molecule has 1 saturated carbocycles.